The van der Waals surface area contributed by atoms with Crippen LogP contribution in [0.15, 0.2) is 80.7 Å². The molecule has 7 nitrogen and oxygen atoms in total. The van der Waals surface area contributed by atoms with Crippen molar-refractivity contribution in [1.82, 2.24) is 5.43 Å². The van der Waals surface area contributed by atoms with Crippen LogP contribution in [0.1, 0.15) is 16.1 Å². The van der Waals surface area contributed by atoms with Crippen molar-refractivity contribution in [2.45, 2.75) is 0 Å². The van der Waals surface area contributed by atoms with Crippen LogP contribution in [0, 0.1) is 3.57 Å². The molecule has 0 bridgehead atoms. The Bertz CT molecular complexity index is 1390. The molecule has 4 rings (SSSR count). The van der Waals surface area contributed by atoms with Gasteiger partial charge in [-0.05, 0) is 76.7 Å². The molecule has 0 saturated carbocycles. The van der Waals surface area contributed by atoms with E-state index in [0.29, 0.717) is 27.6 Å². The van der Waals surface area contributed by atoms with Gasteiger partial charge in [-0.2, -0.15) is 5.10 Å². The highest BCUT2D eigenvalue weighted by Gasteiger charge is 2.14. The molecular formula is C24H16BrClIN3O4. The van der Waals surface area contributed by atoms with Crippen molar-refractivity contribution < 1.29 is 18.7 Å². The van der Waals surface area contributed by atoms with Gasteiger partial charge in [0.15, 0.2) is 12.4 Å². The van der Waals surface area contributed by atoms with E-state index >= 15 is 0 Å². The molecule has 34 heavy (non-hydrogen) atoms. The fourth-order valence-corrected chi connectivity index (χ4v) is 4.89. The summed E-state index contributed by atoms with van der Waals surface area (Å²) in [6.07, 6.45) is 1.44. The number of rotatable bonds is 7. The molecule has 0 unspecified atom stereocenters. The Labute approximate surface area is 221 Å². The number of benzene rings is 3. The monoisotopic (exact) mass is 651 g/mol. The van der Waals surface area contributed by atoms with Crippen molar-refractivity contribution in [2.75, 3.05) is 11.9 Å². The molecular weight excluding hydrogens is 637 g/mol. The Morgan fingerprint density at radius 3 is 2.68 bits per heavy atom. The van der Waals surface area contributed by atoms with E-state index in [-0.39, 0.29) is 18.3 Å². The van der Waals surface area contributed by atoms with Gasteiger partial charge in [-0.15, -0.1) is 0 Å². The summed E-state index contributed by atoms with van der Waals surface area (Å²) in [5, 5.41) is 7.81. The van der Waals surface area contributed by atoms with Crippen molar-refractivity contribution in [2.24, 2.45) is 5.10 Å². The van der Waals surface area contributed by atoms with Crippen LogP contribution in [-0.4, -0.2) is 24.6 Å². The lowest BCUT2D eigenvalue weighted by Gasteiger charge is -2.09. The molecule has 0 aliphatic heterocycles. The first kappa shape index (κ1) is 24.2. The SMILES string of the molecule is O=C(COc1ccc(/C=N\NC(=O)c2cc3cc(Br)cc(I)c3o2)cc1Cl)Nc1ccccc1. The average molecular weight is 653 g/mol. The first-order valence-corrected chi connectivity index (χ1v) is 12.1. The van der Waals surface area contributed by atoms with Crippen LogP contribution in [0.2, 0.25) is 5.02 Å². The maximum absolute atomic E-state index is 12.4. The standard InChI is InChI=1S/C24H16BrClIN3O4/c25-16-9-15-10-21(34-23(15)19(27)11-16)24(32)30-28-12-14-6-7-20(18(26)8-14)33-13-22(31)29-17-4-2-1-3-5-17/h1-12H,13H2,(H,29,31)(H,30,32)/b28-12-. The molecule has 0 atom stereocenters. The number of hydrogen-bond acceptors (Lipinski definition) is 5. The van der Waals surface area contributed by atoms with Crippen LogP contribution in [-0.2, 0) is 4.79 Å². The number of carbonyl (C=O) groups is 2. The van der Waals surface area contributed by atoms with Gasteiger partial charge in [-0.25, -0.2) is 5.43 Å². The minimum atomic E-state index is -0.477. The predicted molar refractivity (Wildman–Crippen MR) is 144 cm³/mol. The Balaban J connectivity index is 1.33. The van der Waals surface area contributed by atoms with E-state index in [0.717, 1.165) is 13.4 Å². The highest BCUT2D eigenvalue weighted by atomic mass is 127. The van der Waals surface area contributed by atoms with Crippen molar-refractivity contribution in [1.29, 1.82) is 0 Å². The summed E-state index contributed by atoms with van der Waals surface area (Å²) < 4.78 is 12.9. The lowest BCUT2D eigenvalue weighted by atomic mass is 10.2. The van der Waals surface area contributed by atoms with Gasteiger partial charge in [0.2, 0.25) is 0 Å². The van der Waals surface area contributed by atoms with E-state index < -0.39 is 5.91 Å². The summed E-state index contributed by atoms with van der Waals surface area (Å²) in [5.74, 6) is -0.272. The summed E-state index contributed by atoms with van der Waals surface area (Å²) >= 11 is 11.8. The molecule has 4 aromatic rings. The number of carbonyl (C=O) groups excluding carboxylic acids is 2. The zero-order valence-corrected chi connectivity index (χ0v) is 21.8. The number of halogens is 3. The van der Waals surface area contributed by atoms with E-state index in [1.807, 2.05) is 30.3 Å². The zero-order valence-electron chi connectivity index (χ0n) is 17.3. The van der Waals surface area contributed by atoms with Crippen LogP contribution in [0.4, 0.5) is 5.69 Å². The number of ether oxygens (including phenoxy) is 1. The minimum absolute atomic E-state index is 0.152. The van der Waals surface area contributed by atoms with Crippen molar-refractivity contribution in [3.8, 4) is 5.75 Å². The quantitative estimate of drug-likeness (QED) is 0.141. The Morgan fingerprint density at radius 1 is 1.12 bits per heavy atom. The Morgan fingerprint density at radius 2 is 1.91 bits per heavy atom. The molecule has 0 aliphatic rings. The summed E-state index contributed by atoms with van der Waals surface area (Å²) in [5.41, 5.74) is 4.39. The fraction of sp³-hybridized carbons (Fsp3) is 0.0417. The van der Waals surface area contributed by atoms with Crippen LogP contribution < -0.4 is 15.5 Å². The van der Waals surface area contributed by atoms with Gasteiger partial charge >= 0.3 is 5.91 Å². The van der Waals surface area contributed by atoms with E-state index in [4.69, 9.17) is 20.8 Å². The molecule has 2 N–H and O–H groups in total. The third-order valence-corrected chi connectivity index (χ3v) is 6.07. The van der Waals surface area contributed by atoms with Crippen LogP contribution in [0.5, 0.6) is 5.75 Å². The fourth-order valence-electron chi connectivity index (χ4n) is 2.98. The van der Waals surface area contributed by atoms with Gasteiger partial charge in [0, 0.05) is 15.5 Å². The van der Waals surface area contributed by atoms with Gasteiger partial charge < -0.3 is 14.5 Å². The molecule has 10 heteroatoms. The van der Waals surface area contributed by atoms with Gasteiger partial charge in [0.25, 0.3) is 5.91 Å². The lowest BCUT2D eigenvalue weighted by molar-refractivity contribution is -0.118. The topological polar surface area (TPSA) is 92.9 Å². The van der Waals surface area contributed by atoms with Crippen LogP contribution in [0.25, 0.3) is 11.0 Å². The second-order valence-electron chi connectivity index (χ2n) is 7.01. The largest absolute Gasteiger partial charge is 0.482 e. The second-order valence-corrected chi connectivity index (χ2v) is 9.49. The maximum Gasteiger partial charge on any atom is 0.307 e. The lowest BCUT2D eigenvalue weighted by Crippen LogP contribution is -2.20. The normalized spacial score (nSPS) is 11.0. The molecule has 1 heterocycles. The highest BCUT2D eigenvalue weighted by molar-refractivity contribution is 14.1. The first-order valence-electron chi connectivity index (χ1n) is 9.88. The second kappa shape index (κ2) is 11.0. The Kier molecular flexibility index (Phi) is 7.86. The highest BCUT2D eigenvalue weighted by Crippen LogP contribution is 2.28. The van der Waals surface area contributed by atoms with Gasteiger partial charge in [-0.3, -0.25) is 9.59 Å². The molecule has 2 amide bonds. The average Bonchev–Trinajstić information content (AvgIpc) is 3.24. The van der Waals surface area contributed by atoms with E-state index in [2.05, 4.69) is 54.4 Å². The number of nitrogens with one attached hydrogen (secondary N) is 2. The third kappa shape index (κ3) is 6.16. The number of hydrogen-bond donors (Lipinski definition) is 2. The van der Waals surface area contributed by atoms with E-state index in [1.165, 1.54) is 6.21 Å². The predicted octanol–water partition coefficient (Wildman–Crippen LogP) is 6.23. The summed E-state index contributed by atoms with van der Waals surface area (Å²) in [7, 11) is 0. The maximum atomic E-state index is 12.4. The number of nitrogens with zero attached hydrogens (tertiary/aromatic N) is 1. The number of furan rings is 1. The van der Waals surface area contributed by atoms with Crippen molar-refractivity contribution >= 4 is 84.8 Å². The number of fused-ring (bicyclic) bond motifs is 1. The molecule has 0 saturated heterocycles. The van der Waals surface area contributed by atoms with Gasteiger partial charge in [0.1, 0.15) is 11.3 Å². The van der Waals surface area contributed by atoms with Crippen LogP contribution in [0.3, 0.4) is 0 Å². The first-order chi connectivity index (χ1) is 16.4. The molecule has 3 aromatic carbocycles. The Hall–Kier alpha value is -2.89. The van der Waals surface area contributed by atoms with E-state index in [1.54, 1.807) is 36.4 Å². The molecule has 0 fully saturated rings. The molecule has 1 aromatic heterocycles. The third-order valence-electron chi connectivity index (χ3n) is 4.51. The van der Waals surface area contributed by atoms with E-state index in [9.17, 15) is 9.59 Å². The van der Waals surface area contributed by atoms with Gasteiger partial charge in [-0.1, -0.05) is 45.7 Å². The molecule has 0 aliphatic carbocycles. The molecule has 0 spiro atoms. The smallest absolute Gasteiger partial charge is 0.307 e. The summed E-state index contributed by atoms with van der Waals surface area (Å²) in [4.78, 5) is 24.4. The number of anilines is 1. The van der Waals surface area contributed by atoms with Crippen LogP contribution >= 0.6 is 50.1 Å². The van der Waals surface area contributed by atoms with Crippen molar-refractivity contribution in [3.63, 3.8) is 0 Å². The molecule has 0 radical (unpaired) electrons. The summed E-state index contributed by atoms with van der Waals surface area (Å²) in [6.45, 7) is -0.189. The summed E-state index contributed by atoms with van der Waals surface area (Å²) in [6, 6.07) is 19.5. The zero-order chi connectivity index (χ0) is 24.1. The number of para-hydroxylation sites is 1. The number of hydrazone groups is 1. The minimum Gasteiger partial charge on any atom is -0.482 e. The number of amides is 2. The van der Waals surface area contributed by atoms with Crippen molar-refractivity contribution in [3.05, 3.63) is 91.1 Å². The van der Waals surface area contributed by atoms with Gasteiger partial charge in [0.05, 0.1) is 14.8 Å². The molecule has 172 valence electrons.